The Morgan fingerprint density at radius 1 is 0.730 bits per heavy atom. The molecule has 0 fully saturated rings. The van der Waals surface area contributed by atoms with Crippen molar-refractivity contribution in [3.63, 3.8) is 0 Å². The molecule has 0 aliphatic rings. The SMILES string of the molecule is Clc1cccc(Oc2ccc3n[nH]c(I)c3c2)c1.Cn1nc(I)c2cc(Oc3cccc(Cl)c3)ccc21. The van der Waals surface area contributed by atoms with Crippen LogP contribution in [0.2, 0.25) is 10.0 Å². The number of nitrogens with one attached hydrogen (secondary N) is 1. The van der Waals surface area contributed by atoms with Crippen LogP contribution in [0.25, 0.3) is 21.8 Å². The van der Waals surface area contributed by atoms with Crippen molar-refractivity contribution in [1.29, 1.82) is 0 Å². The zero-order valence-corrected chi connectivity index (χ0v) is 25.1. The molecule has 0 unspecified atom stereocenters. The summed E-state index contributed by atoms with van der Waals surface area (Å²) in [5, 5.41) is 14.9. The van der Waals surface area contributed by atoms with E-state index in [1.165, 1.54) is 0 Å². The Morgan fingerprint density at radius 3 is 1.92 bits per heavy atom. The lowest BCUT2D eigenvalue weighted by atomic mass is 10.2. The maximum Gasteiger partial charge on any atom is 0.131 e. The molecule has 6 aromatic rings. The lowest BCUT2D eigenvalue weighted by molar-refractivity contribution is 0.483. The van der Waals surface area contributed by atoms with Crippen LogP contribution in [0.4, 0.5) is 0 Å². The molecule has 2 heterocycles. The van der Waals surface area contributed by atoms with Gasteiger partial charge in [-0.2, -0.15) is 10.2 Å². The topological polar surface area (TPSA) is 65.0 Å². The van der Waals surface area contributed by atoms with E-state index in [2.05, 4.69) is 60.5 Å². The highest BCUT2D eigenvalue weighted by Gasteiger charge is 2.08. The van der Waals surface area contributed by atoms with E-state index in [9.17, 15) is 0 Å². The van der Waals surface area contributed by atoms with Gasteiger partial charge in [0.2, 0.25) is 0 Å². The number of fused-ring (bicyclic) bond motifs is 2. The lowest BCUT2D eigenvalue weighted by Gasteiger charge is -2.06. The Kier molecular flexibility index (Phi) is 8.08. The molecule has 0 bridgehead atoms. The van der Waals surface area contributed by atoms with Gasteiger partial charge < -0.3 is 9.47 Å². The molecule has 0 radical (unpaired) electrons. The second-order valence-corrected chi connectivity index (χ2v) is 10.9. The van der Waals surface area contributed by atoms with E-state index in [1.807, 2.05) is 84.5 Å². The third-order valence-corrected chi connectivity index (χ3v) is 7.41. The van der Waals surface area contributed by atoms with Gasteiger partial charge in [-0.25, -0.2) is 0 Å². The number of aromatic amines is 1. The minimum atomic E-state index is 0.659. The number of hydrogen-bond acceptors (Lipinski definition) is 4. The third-order valence-electron chi connectivity index (χ3n) is 5.32. The number of aromatic nitrogens is 4. The highest BCUT2D eigenvalue weighted by molar-refractivity contribution is 14.1. The maximum absolute atomic E-state index is 5.94. The van der Waals surface area contributed by atoms with E-state index in [1.54, 1.807) is 12.1 Å². The van der Waals surface area contributed by atoms with Crippen molar-refractivity contribution in [3.8, 4) is 23.0 Å². The molecule has 0 saturated carbocycles. The van der Waals surface area contributed by atoms with Crippen molar-refractivity contribution in [2.45, 2.75) is 0 Å². The molecule has 2 aromatic heterocycles. The van der Waals surface area contributed by atoms with Crippen molar-refractivity contribution in [1.82, 2.24) is 20.0 Å². The van der Waals surface area contributed by atoms with Gasteiger partial charge in [0.25, 0.3) is 0 Å². The second-order valence-electron chi connectivity index (χ2n) is 7.93. The first kappa shape index (κ1) is 26.1. The monoisotopic (exact) mass is 754 g/mol. The van der Waals surface area contributed by atoms with Crippen LogP contribution in [-0.4, -0.2) is 20.0 Å². The van der Waals surface area contributed by atoms with Crippen LogP contribution in [0.5, 0.6) is 23.0 Å². The highest BCUT2D eigenvalue weighted by atomic mass is 127. The maximum atomic E-state index is 5.94. The summed E-state index contributed by atoms with van der Waals surface area (Å²) in [6.07, 6.45) is 0. The Morgan fingerprint density at radius 2 is 1.30 bits per heavy atom. The summed E-state index contributed by atoms with van der Waals surface area (Å²) in [5.74, 6) is 3.00. The quantitative estimate of drug-likeness (QED) is 0.182. The average molecular weight is 755 g/mol. The van der Waals surface area contributed by atoms with Crippen molar-refractivity contribution < 1.29 is 9.47 Å². The Balaban J connectivity index is 0.000000152. The van der Waals surface area contributed by atoms with Crippen LogP contribution in [0.1, 0.15) is 0 Å². The Labute approximate surface area is 250 Å². The zero-order valence-electron chi connectivity index (χ0n) is 19.3. The second kappa shape index (κ2) is 11.5. The van der Waals surface area contributed by atoms with Crippen molar-refractivity contribution in [3.05, 3.63) is 102 Å². The molecule has 0 saturated heterocycles. The standard InChI is InChI=1S/C14H10ClIN2O.C13H8ClIN2O/c1-18-13-6-5-11(8-12(13)14(16)17-18)19-10-4-2-3-9(15)7-10;14-8-2-1-3-9(6-8)18-10-4-5-12-11(7-10)13(15)17-16-12/h2-8H,1H3;1-7H,(H,16,17). The molecule has 37 heavy (non-hydrogen) atoms. The number of rotatable bonds is 4. The molecular formula is C27H18Cl2I2N4O2. The molecule has 186 valence electrons. The summed E-state index contributed by atoms with van der Waals surface area (Å²) in [6.45, 7) is 0. The Hall–Kier alpha value is -2.54. The van der Waals surface area contributed by atoms with Crippen molar-refractivity contribution in [2.75, 3.05) is 0 Å². The largest absolute Gasteiger partial charge is 0.457 e. The van der Waals surface area contributed by atoms with E-state index in [-0.39, 0.29) is 0 Å². The summed E-state index contributed by atoms with van der Waals surface area (Å²) in [4.78, 5) is 0. The van der Waals surface area contributed by atoms with Crippen LogP contribution in [0.3, 0.4) is 0 Å². The fourth-order valence-corrected chi connectivity index (χ4v) is 5.29. The smallest absolute Gasteiger partial charge is 0.131 e. The molecule has 4 aromatic carbocycles. The number of nitrogens with zero attached hydrogens (tertiary/aromatic N) is 3. The molecule has 0 aliphatic carbocycles. The first-order valence-corrected chi connectivity index (χ1v) is 13.9. The zero-order chi connectivity index (χ0) is 25.9. The molecule has 0 amide bonds. The minimum absolute atomic E-state index is 0.659. The third kappa shape index (κ3) is 6.31. The van der Waals surface area contributed by atoms with Gasteiger partial charge in [-0.1, -0.05) is 35.3 Å². The molecule has 1 N–H and O–H groups in total. The first-order chi connectivity index (χ1) is 17.9. The van der Waals surface area contributed by atoms with Gasteiger partial charge in [0.05, 0.1) is 11.0 Å². The average Bonchev–Trinajstić information content (AvgIpc) is 3.38. The fraction of sp³-hybridized carbons (Fsp3) is 0.0370. The van der Waals surface area contributed by atoms with Gasteiger partial charge in [-0.05, 0) is 118 Å². The van der Waals surface area contributed by atoms with Gasteiger partial charge in [-0.15, -0.1) is 0 Å². The summed E-state index contributed by atoms with van der Waals surface area (Å²) in [7, 11) is 1.93. The van der Waals surface area contributed by atoms with Gasteiger partial charge in [0, 0.05) is 27.9 Å². The Bertz CT molecular complexity index is 1720. The predicted octanol–water partition coefficient (Wildman–Crippen LogP) is 9.24. The van der Waals surface area contributed by atoms with E-state index < -0.39 is 0 Å². The van der Waals surface area contributed by atoms with Crippen LogP contribution < -0.4 is 9.47 Å². The van der Waals surface area contributed by atoms with Crippen LogP contribution in [-0.2, 0) is 7.05 Å². The summed E-state index contributed by atoms with van der Waals surface area (Å²) in [5.41, 5.74) is 2.01. The van der Waals surface area contributed by atoms with E-state index in [4.69, 9.17) is 32.7 Å². The molecule has 6 rings (SSSR count). The summed E-state index contributed by atoms with van der Waals surface area (Å²) in [6, 6.07) is 26.4. The number of aryl methyl sites for hydroxylation is 1. The molecule has 6 nitrogen and oxygen atoms in total. The normalized spacial score (nSPS) is 10.8. The molecular weight excluding hydrogens is 737 g/mol. The molecule has 0 aliphatic heterocycles. The number of halogens is 4. The predicted molar refractivity (Wildman–Crippen MR) is 165 cm³/mol. The molecule has 10 heteroatoms. The number of benzene rings is 4. The fourth-order valence-electron chi connectivity index (χ4n) is 3.62. The van der Waals surface area contributed by atoms with Crippen LogP contribution in [0.15, 0.2) is 84.9 Å². The highest BCUT2D eigenvalue weighted by Crippen LogP contribution is 2.30. The van der Waals surface area contributed by atoms with Gasteiger partial charge >= 0.3 is 0 Å². The molecule has 0 atom stereocenters. The lowest BCUT2D eigenvalue weighted by Crippen LogP contribution is -1.89. The molecule has 0 spiro atoms. The van der Waals surface area contributed by atoms with E-state index in [0.717, 1.165) is 52.2 Å². The van der Waals surface area contributed by atoms with Crippen molar-refractivity contribution in [2.24, 2.45) is 7.05 Å². The number of ether oxygens (including phenoxy) is 2. The van der Waals surface area contributed by atoms with Gasteiger partial charge in [0.15, 0.2) is 0 Å². The number of hydrogen-bond donors (Lipinski definition) is 1. The van der Waals surface area contributed by atoms with Crippen LogP contribution >= 0.6 is 68.4 Å². The number of H-pyrrole nitrogens is 1. The van der Waals surface area contributed by atoms with E-state index >= 15 is 0 Å². The van der Waals surface area contributed by atoms with E-state index in [0.29, 0.717) is 10.0 Å². The summed E-state index contributed by atoms with van der Waals surface area (Å²) >= 11 is 16.3. The van der Waals surface area contributed by atoms with Crippen LogP contribution in [0, 0.1) is 7.40 Å². The van der Waals surface area contributed by atoms with Gasteiger partial charge in [-0.3, -0.25) is 9.78 Å². The van der Waals surface area contributed by atoms with Gasteiger partial charge in [0.1, 0.15) is 30.4 Å². The minimum Gasteiger partial charge on any atom is -0.457 e. The summed E-state index contributed by atoms with van der Waals surface area (Å²) < 4.78 is 15.4. The van der Waals surface area contributed by atoms with Crippen molar-refractivity contribution >= 4 is 90.2 Å². The first-order valence-electron chi connectivity index (χ1n) is 11.0.